The number of aliphatic carboxylic acids is 2. The van der Waals surface area contributed by atoms with Gasteiger partial charge in [0.05, 0.1) is 38.3 Å². The van der Waals surface area contributed by atoms with Gasteiger partial charge in [0.2, 0.25) is 0 Å². The summed E-state index contributed by atoms with van der Waals surface area (Å²) in [5.74, 6) is -1.65. The first kappa shape index (κ1) is 24.8. The summed E-state index contributed by atoms with van der Waals surface area (Å²) in [5, 5.41) is 17.8. The molecule has 0 radical (unpaired) electrons. The average molecular weight is 376 g/mol. The van der Waals surface area contributed by atoms with Crippen molar-refractivity contribution in [3.8, 4) is 0 Å². The van der Waals surface area contributed by atoms with Crippen LogP contribution in [-0.4, -0.2) is 96.6 Å². The molecule has 0 saturated heterocycles. The highest BCUT2D eigenvalue weighted by Gasteiger charge is 2.13. The molecule has 0 unspecified atom stereocenters. The predicted octanol–water partition coefficient (Wildman–Crippen LogP) is 1.39. The second kappa shape index (κ2) is 14.9. The summed E-state index contributed by atoms with van der Waals surface area (Å²) in [6.45, 7) is 12.5. The fraction of sp³-hybridized carbons (Fsp3) is 0.889. The van der Waals surface area contributed by atoms with Gasteiger partial charge in [0.1, 0.15) is 0 Å². The highest BCUT2D eigenvalue weighted by atomic mass is 16.5. The fourth-order valence-electron chi connectivity index (χ4n) is 2.30. The van der Waals surface area contributed by atoms with Gasteiger partial charge in [-0.3, -0.25) is 19.4 Å². The lowest BCUT2D eigenvalue weighted by Gasteiger charge is -2.27. The maximum atomic E-state index is 10.9. The standard InChI is InChI=1S/C18H36N2O6/c1-15(2)25-13-11-19(7-5-17(21)22)9-10-20(8-6-18(23)24)12-14-26-16(3)4/h15-16H,5-14H2,1-4H3,(H,21,22)(H,23,24). The van der Waals surface area contributed by atoms with Crippen LogP contribution in [-0.2, 0) is 19.1 Å². The quantitative estimate of drug-likeness (QED) is 0.393. The zero-order valence-electron chi connectivity index (χ0n) is 16.6. The normalized spacial score (nSPS) is 11.8. The molecule has 0 aromatic rings. The predicted molar refractivity (Wildman–Crippen MR) is 99.6 cm³/mol. The number of carboxylic acid groups (broad SMARTS) is 2. The maximum Gasteiger partial charge on any atom is 0.304 e. The molecule has 0 aliphatic carbocycles. The Bertz CT molecular complexity index is 354. The van der Waals surface area contributed by atoms with Crippen LogP contribution in [0.5, 0.6) is 0 Å². The van der Waals surface area contributed by atoms with E-state index in [0.29, 0.717) is 52.5 Å². The Hall–Kier alpha value is -1.22. The number of carboxylic acids is 2. The van der Waals surface area contributed by atoms with E-state index in [1.54, 1.807) is 0 Å². The van der Waals surface area contributed by atoms with E-state index in [0.717, 1.165) is 0 Å². The van der Waals surface area contributed by atoms with Crippen LogP contribution in [0, 0.1) is 0 Å². The van der Waals surface area contributed by atoms with Crippen molar-refractivity contribution in [1.29, 1.82) is 0 Å². The molecule has 0 saturated carbocycles. The van der Waals surface area contributed by atoms with Crippen LogP contribution in [0.2, 0.25) is 0 Å². The van der Waals surface area contributed by atoms with Crippen molar-refractivity contribution >= 4 is 11.9 Å². The Morgan fingerprint density at radius 1 is 0.692 bits per heavy atom. The van der Waals surface area contributed by atoms with Gasteiger partial charge < -0.3 is 19.7 Å². The average Bonchev–Trinajstić information content (AvgIpc) is 2.52. The van der Waals surface area contributed by atoms with E-state index in [2.05, 4.69) is 0 Å². The van der Waals surface area contributed by atoms with Crippen LogP contribution < -0.4 is 0 Å². The Balaban J connectivity index is 4.49. The molecule has 0 aliphatic rings. The molecule has 0 spiro atoms. The minimum absolute atomic E-state index is 0.0767. The Kier molecular flexibility index (Phi) is 14.2. The third kappa shape index (κ3) is 16.3. The highest BCUT2D eigenvalue weighted by Crippen LogP contribution is 2.00. The van der Waals surface area contributed by atoms with Gasteiger partial charge in [-0.05, 0) is 27.7 Å². The van der Waals surface area contributed by atoms with Crippen LogP contribution in [0.4, 0.5) is 0 Å². The van der Waals surface area contributed by atoms with Crippen LogP contribution in [0.1, 0.15) is 40.5 Å². The minimum atomic E-state index is -0.826. The molecular weight excluding hydrogens is 340 g/mol. The molecule has 0 rings (SSSR count). The fourth-order valence-corrected chi connectivity index (χ4v) is 2.30. The summed E-state index contributed by atoms with van der Waals surface area (Å²) in [7, 11) is 0. The molecule has 2 N–H and O–H groups in total. The third-order valence-corrected chi connectivity index (χ3v) is 3.73. The van der Waals surface area contributed by atoms with Crippen LogP contribution in [0.15, 0.2) is 0 Å². The number of nitrogens with zero attached hydrogens (tertiary/aromatic N) is 2. The molecule has 0 amide bonds. The van der Waals surface area contributed by atoms with E-state index in [4.69, 9.17) is 19.7 Å². The van der Waals surface area contributed by atoms with Gasteiger partial charge in [0.15, 0.2) is 0 Å². The van der Waals surface area contributed by atoms with E-state index in [9.17, 15) is 9.59 Å². The lowest BCUT2D eigenvalue weighted by molar-refractivity contribution is -0.138. The molecule has 8 heteroatoms. The number of hydrogen-bond acceptors (Lipinski definition) is 6. The molecule has 0 bridgehead atoms. The molecule has 0 aliphatic heterocycles. The molecule has 0 atom stereocenters. The van der Waals surface area contributed by atoms with Crippen molar-refractivity contribution in [3.63, 3.8) is 0 Å². The zero-order chi connectivity index (χ0) is 19.9. The van der Waals surface area contributed by atoms with Crippen molar-refractivity contribution in [2.45, 2.75) is 52.7 Å². The van der Waals surface area contributed by atoms with Gasteiger partial charge in [-0.2, -0.15) is 0 Å². The van der Waals surface area contributed by atoms with Gasteiger partial charge in [0, 0.05) is 39.3 Å². The summed E-state index contributed by atoms with van der Waals surface area (Å²) in [6, 6.07) is 0. The van der Waals surface area contributed by atoms with Crippen molar-refractivity contribution in [2.75, 3.05) is 52.5 Å². The Labute approximate surface area is 157 Å². The Morgan fingerprint density at radius 2 is 1.04 bits per heavy atom. The third-order valence-electron chi connectivity index (χ3n) is 3.73. The lowest BCUT2D eigenvalue weighted by atomic mass is 10.3. The SMILES string of the molecule is CC(C)OCCN(CCC(=O)O)CCN(CCOC(C)C)CCC(=O)O. The summed E-state index contributed by atoms with van der Waals surface area (Å²) in [4.78, 5) is 25.8. The van der Waals surface area contributed by atoms with Crippen molar-refractivity contribution < 1.29 is 29.3 Å². The van der Waals surface area contributed by atoms with Gasteiger partial charge >= 0.3 is 11.9 Å². The van der Waals surface area contributed by atoms with E-state index in [1.807, 2.05) is 37.5 Å². The number of carbonyl (C=O) groups is 2. The molecule has 8 nitrogen and oxygen atoms in total. The summed E-state index contributed by atoms with van der Waals surface area (Å²) in [6.07, 6.45) is 0.425. The Morgan fingerprint density at radius 3 is 1.31 bits per heavy atom. The smallest absolute Gasteiger partial charge is 0.304 e. The van der Waals surface area contributed by atoms with Crippen molar-refractivity contribution in [2.24, 2.45) is 0 Å². The van der Waals surface area contributed by atoms with Crippen LogP contribution in [0.3, 0.4) is 0 Å². The minimum Gasteiger partial charge on any atom is -0.481 e. The lowest BCUT2D eigenvalue weighted by Crippen LogP contribution is -2.40. The monoisotopic (exact) mass is 376 g/mol. The maximum absolute atomic E-state index is 10.9. The second-order valence-electron chi connectivity index (χ2n) is 6.81. The highest BCUT2D eigenvalue weighted by molar-refractivity contribution is 5.67. The van der Waals surface area contributed by atoms with E-state index in [-0.39, 0.29) is 25.0 Å². The largest absolute Gasteiger partial charge is 0.481 e. The molecular formula is C18H36N2O6. The molecule has 0 aromatic carbocycles. The van der Waals surface area contributed by atoms with E-state index < -0.39 is 11.9 Å². The first-order valence-corrected chi connectivity index (χ1v) is 9.32. The van der Waals surface area contributed by atoms with Crippen LogP contribution in [0.25, 0.3) is 0 Å². The topological polar surface area (TPSA) is 99.5 Å². The van der Waals surface area contributed by atoms with Crippen molar-refractivity contribution in [1.82, 2.24) is 9.80 Å². The van der Waals surface area contributed by atoms with E-state index in [1.165, 1.54) is 0 Å². The van der Waals surface area contributed by atoms with Gasteiger partial charge in [-0.25, -0.2) is 0 Å². The number of hydrogen-bond donors (Lipinski definition) is 2. The summed E-state index contributed by atoms with van der Waals surface area (Å²) < 4.78 is 11.1. The molecule has 0 fully saturated rings. The first-order chi connectivity index (χ1) is 12.2. The molecule has 26 heavy (non-hydrogen) atoms. The van der Waals surface area contributed by atoms with Gasteiger partial charge in [-0.15, -0.1) is 0 Å². The molecule has 154 valence electrons. The zero-order valence-corrected chi connectivity index (χ0v) is 16.6. The van der Waals surface area contributed by atoms with Crippen molar-refractivity contribution in [3.05, 3.63) is 0 Å². The molecule has 0 heterocycles. The van der Waals surface area contributed by atoms with Gasteiger partial charge in [0.25, 0.3) is 0 Å². The first-order valence-electron chi connectivity index (χ1n) is 9.32. The number of ether oxygens (including phenoxy) is 2. The number of rotatable bonds is 17. The van der Waals surface area contributed by atoms with Crippen LogP contribution >= 0.6 is 0 Å². The van der Waals surface area contributed by atoms with E-state index >= 15 is 0 Å². The molecule has 0 aromatic heterocycles. The van der Waals surface area contributed by atoms with Gasteiger partial charge in [-0.1, -0.05) is 0 Å². The summed E-state index contributed by atoms with van der Waals surface area (Å²) in [5.41, 5.74) is 0. The summed E-state index contributed by atoms with van der Waals surface area (Å²) >= 11 is 0. The second-order valence-corrected chi connectivity index (χ2v) is 6.81.